The van der Waals surface area contributed by atoms with Crippen LogP contribution in [0.1, 0.15) is 46.5 Å². The second-order valence-electron chi connectivity index (χ2n) is 6.86. The third-order valence-electron chi connectivity index (χ3n) is 4.05. The number of aliphatic imine (C=N–C) groups is 1. The van der Waals surface area contributed by atoms with Gasteiger partial charge in [0, 0.05) is 39.5 Å². The highest BCUT2D eigenvalue weighted by atomic mass is 16.5. The molecular formula is C18H37N3O3. The standard InChI is InChI=1S/C18H37N3O3/c1-4-19-18(21-13-16(6-9-22)12-15(2)3)20-8-5-10-24-17-7-11-23-14-17/h15-17,22H,4-14H2,1-3H3,(H2,19,20,21). The van der Waals surface area contributed by atoms with Crippen LogP contribution >= 0.6 is 0 Å². The molecule has 3 N–H and O–H groups in total. The number of nitrogens with one attached hydrogen (secondary N) is 2. The van der Waals surface area contributed by atoms with Crippen molar-refractivity contribution in [2.45, 2.75) is 52.6 Å². The molecule has 1 aliphatic heterocycles. The summed E-state index contributed by atoms with van der Waals surface area (Å²) in [6.07, 6.45) is 4.16. The summed E-state index contributed by atoms with van der Waals surface area (Å²) < 4.78 is 11.1. The number of nitrogens with zero attached hydrogens (tertiary/aromatic N) is 1. The first-order valence-corrected chi connectivity index (χ1v) is 9.48. The summed E-state index contributed by atoms with van der Waals surface area (Å²) in [6, 6.07) is 0. The average Bonchev–Trinajstić information content (AvgIpc) is 3.05. The van der Waals surface area contributed by atoms with E-state index in [1.54, 1.807) is 0 Å². The number of hydrogen-bond acceptors (Lipinski definition) is 4. The molecule has 2 unspecified atom stereocenters. The van der Waals surface area contributed by atoms with E-state index in [0.29, 0.717) is 11.8 Å². The van der Waals surface area contributed by atoms with Gasteiger partial charge in [0.05, 0.1) is 12.7 Å². The van der Waals surface area contributed by atoms with Gasteiger partial charge < -0.3 is 25.2 Å². The van der Waals surface area contributed by atoms with Gasteiger partial charge in [0.25, 0.3) is 0 Å². The number of ether oxygens (including phenoxy) is 2. The van der Waals surface area contributed by atoms with Gasteiger partial charge in [-0.2, -0.15) is 0 Å². The van der Waals surface area contributed by atoms with E-state index in [-0.39, 0.29) is 12.7 Å². The van der Waals surface area contributed by atoms with E-state index in [1.165, 1.54) is 0 Å². The predicted octanol–water partition coefficient (Wildman–Crippen LogP) is 1.78. The van der Waals surface area contributed by atoms with Gasteiger partial charge in [-0.15, -0.1) is 0 Å². The van der Waals surface area contributed by atoms with Crippen molar-refractivity contribution in [3.8, 4) is 0 Å². The summed E-state index contributed by atoms with van der Waals surface area (Å²) in [5, 5.41) is 15.8. The van der Waals surface area contributed by atoms with Crippen LogP contribution in [0, 0.1) is 11.8 Å². The molecule has 0 amide bonds. The molecule has 0 saturated carbocycles. The van der Waals surface area contributed by atoms with Crippen LogP contribution in [0.4, 0.5) is 0 Å². The van der Waals surface area contributed by atoms with Crippen molar-refractivity contribution in [3.05, 3.63) is 0 Å². The van der Waals surface area contributed by atoms with Gasteiger partial charge in [0.2, 0.25) is 0 Å². The van der Waals surface area contributed by atoms with Crippen LogP contribution in [-0.2, 0) is 9.47 Å². The molecule has 0 radical (unpaired) electrons. The van der Waals surface area contributed by atoms with Crippen molar-refractivity contribution >= 4 is 5.96 Å². The topological polar surface area (TPSA) is 75.1 Å². The number of aliphatic hydroxyl groups excluding tert-OH is 1. The molecule has 0 bridgehead atoms. The maximum absolute atomic E-state index is 9.21. The highest BCUT2D eigenvalue weighted by molar-refractivity contribution is 5.79. The van der Waals surface area contributed by atoms with E-state index in [1.807, 2.05) is 0 Å². The van der Waals surface area contributed by atoms with Crippen LogP contribution in [0.15, 0.2) is 4.99 Å². The van der Waals surface area contributed by atoms with Crippen LogP contribution in [0.2, 0.25) is 0 Å². The lowest BCUT2D eigenvalue weighted by Crippen LogP contribution is -2.38. The van der Waals surface area contributed by atoms with Gasteiger partial charge in [0.1, 0.15) is 0 Å². The third-order valence-corrected chi connectivity index (χ3v) is 4.05. The lowest BCUT2D eigenvalue weighted by molar-refractivity contribution is 0.0420. The second kappa shape index (κ2) is 13.4. The van der Waals surface area contributed by atoms with E-state index in [9.17, 15) is 5.11 Å². The molecule has 1 rings (SSSR count). The van der Waals surface area contributed by atoms with E-state index >= 15 is 0 Å². The van der Waals surface area contributed by atoms with Crippen LogP contribution < -0.4 is 10.6 Å². The number of rotatable bonds is 12. The molecular weight excluding hydrogens is 306 g/mol. The number of hydrogen-bond donors (Lipinski definition) is 3. The molecule has 6 nitrogen and oxygen atoms in total. The van der Waals surface area contributed by atoms with Gasteiger partial charge in [-0.1, -0.05) is 13.8 Å². The molecule has 6 heteroatoms. The molecule has 0 aromatic carbocycles. The summed E-state index contributed by atoms with van der Waals surface area (Å²) in [4.78, 5) is 4.68. The lowest BCUT2D eigenvalue weighted by Gasteiger charge is -2.17. The van der Waals surface area contributed by atoms with E-state index in [0.717, 1.165) is 71.1 Å². The second-order valence-corrected chi connectivity index (χ2v) is 6.86. The maximum atomic E-state index is 9.21. The first-order chi connectivity index (χ1) is 11.7. The maximum Gasteiger partial charge on any atom is 0.191 e. The molecule has 0 aromatic rings. The molecule has 142 valence electrons. The molecule has 1 fully saturated rings. The number of guanidine groups is 1. The Morgan fingerprint density at radius 3 is 2.83 bits per heavy atom. The average molecular weight is 344 g/mol. The minimum atomic E-state index is 0.235. The number of aliphatic hydroxyl groups is 1. The fourth-order valence-corrected chi connectivity index (χ4v) is 2.87. The Bertz CT molecular complexity index is 331. The highest BCUT2D eigenvalue weighted by Crippen LogP contribution is 2.15. The van der Waals surface area contributed by atoms with Gasteiger partial charge in [-0.3, -0.25) is 4.99 Å². The van der Waals surface area contributed by atoms with Crippen LogP contribution in [0.5, 0.6) is 0 Å². The Kier molecular flexibility index (Phi) is 11.9. The highest BCUT2D eigenvalue weighted by Gasteiger charge is 2.15. The minimum Gasteiger partial charge on any atom is -0.396 e. The fourth-order valence-electron chi connectivity index (χ4n) is 2.87. The Morgan fingerprint density at radius 2 is 2.21 bits per heavy atom. The predicted molar refractivity (Wildman–Crippen MR) is 98.4 cm³/mol. The first kappa shape index (κ1) is 21.2. The molecule has 0 aromatic heterocycles. The van der Waals surface area contributed by atoms with Crippen molar-refractivity contribution in [2.75, 3.05) is 46.1 Å². The van der Waals surface area contributed by atoms with E-state index in [4.69, 9.17) is 9.47 Å². The Hall–Kier alpha value is -0.850. The Balaban J connectivity index is 2.26. The summed E-state index contributed by atoms with van der Waals surface area (Å²) in [5.74, 6) is 1.92. The van der Waals surface area contributed by atoms with E-state index in [2.05, 4.69) is 36.4 Å². The van der Waals surface area contributed by atoms with Crippen molar-refractivity contribution in [3.63, 3.8) is 0 Å². The van der Waals surface area contributed by atoms with E-state index < -0.39 is 0 Å². The lowest BCUT2D eigenvalue weighted by atomic mass is 9.94. The van der Waals surface area contributed by atoms with Crippen molar-refractivity contribution in [1.82, 2.24) is 10.6 Å². The van der Waals surface area contributed by atoms with Crippen LogP contribution in [-0.4, -0.2) is 63.2 Å². The smallest absolute Gasteiger partial charge is 0.191 e. The first-order valence-electron chi connectivity index (χ1n) is 9.48. The molecule has 0 aliphatic carbocycles. The molecule has 2 atom stereocenters. The molecule has 0 spiro atoms. The van der Waals surface area contributed by atoms with Crippen molar-refractivity contribution in [1.29, 1.82) is 0 Å². The van der Waals surface area contributed by atoms with Crippen LogP contribution in [0.3, 0.4) is 0 Å². The summed E-state index contributed by atoms with van der Waals surface area (Å²) in [6.45, 7) is 11.5. The zero-order valence-electron chi connectivity index (χ0n) is 15.7. The van der Waals surface area contributed by atoms with Crippen LogP contribution in [0.25, 0.3) is 0 Å². The SMILES string of the molecule is CCNC(=NCC(CCO)CC(C)C)NCCCOC1CCOC1. The minimum absolute atomic E-state index is 0.235. The zero-order valence-corrected chi connectivity index (χ0v) is 15.7. The molecule has 1 aliphatic rings. The quantitative estimate of drug-likeness (QED) is 0.286. The fraction of sp³-hybridized carbons (Fsp3) is 0.944. The van der Waals surface area contributed by atoms with Crippen molar-refractivity contribution < 1.29 is 14.6 Å². The monoisotopic (exact) mass is 343 g/mol. The molecule has 1 saturated heterocycles. The normalized spacial score (nSPS) is 19.7. The van der Waals surface area contributed by atoms with Gasteiger partial charge >= 0.3 is 0 Å². The summed E-state index contributed by atoms with van der Waals surface area (Å²) in [7, 11) is 0. The third kappa shape index (κ3) is 10.1. The summed E-state index contributed by atoms with van der Waals surface area (Å²) in [5.41, 5.74) is 0. The van der Waals surface area contributed by atoms with Gasteiger partial charge in [-0.25, -0.2) is 0 Å². The molecule has 24 heavy (non-hydrogen) atoms. The summed E-state index contributed by atoms with van der Waals surface area (Å²) >= 11 is 0. The van der Waals surface area contributed by atoms with Gasteiger partial charge in [-0.05, 0) is 44.4 Å². The Morgan fingerprint density at radius 1 is 1.38 bits per heavy atom. The van der Waals surface area contributed by atoms with Crippen molar-refractivity contribution in [2.24, 2.45) is 16.8 Å². The Labute approximate surface area is 147 Å². The van der Waals surface area contributed by atoms with Gasteiger partial charge in [0.15, 0.2) is 5.96 Å². The largest absolute Gasteiger partial charge is 0.396 e. The molecule has 1 heterocycles. The zero-order chi connectivity index (χ0) is 17.6.